The minimum absolute atomic E-state index is 0.119. The second-order valence-electron chi connectivity index (χ2n) is 8.34. The number of hydrogen-bond acceptors (Lipinski definition) is 6. The number of allylic oxidation sites excluding steroid dienone is 2. The average molecular weight is 438 g/mol. The van der Waals surface area contributed by atoms with Crippen LogP contribution in [0.1, 0.15) is 47.7 Å². The molecule has 2 aromatic heterocycles. The molecule has 0 fully saturated rings. The maximum atomic E-state index is 13.1. The Kier molecular flexibility index (Phi) is 4.68. The van der Waals surface area contributed by atoms with Crippen LogP contribution in [0.25, 0.3) is 5.65 Å². The molecule has 6 rings (SSSR count). The molecule has 2 aliphatic rings. The number of fused-ring (bicyclic) bond motifs is 3. The molecule has 0 N–H and O–H groups in total. The standard InChI is InChI=1S/C26H22N4O3/c1-32-18-12-10-17(11-13-18)22-23-19(31)8-5-9-20(23)33-26-24(22)25-28-21(29-30(25)15-27-26)14-16-6-3-2-4-7-16/h2-4,6-7,10-13,15,22H,5,8-9,14H2,1H3/t22-/m0/s1. The van der Waals surface area contributed by atoms with E-state index in [9.17, 15) is 4.79 Å². The molecule has 0 bridgehead atoms. The van der Waals surface area contributed by atoms with Crippen LogP contribution < -0.4 is 9.47 Å². The predicted octanol–water partition coefficient (Wildman–Crippen LogP) is 4.26. The molecule has 164 valence electrons. The van der Waals surface area contributed by atoms with E-state index in [4.69, 9.17) is 14.5 Å². The van der Waals surface area contributed by atoms with E-state index >= 15 is 0 Å². The molecule has 3 heterocycles. The molecule has 2 aromatic carbocycles. The number of aromatic nitrogens is 4. The van der Waals surface area contributed by atoms with Gasteiger partial charge >= 0.3 is 0 Å². The Labute approximate surface area is 190 Å². The summed E-state index contributed by atoms with van der Waals surface area (Å²) >= 11 is 0. The third kappa shape index (κ3) is 3.36. The van der Waals surface area contributed by atoms with Crippen LogP contribution in [0.3, 0.4) is 0 Å². The van der Waals surface area contributed by atoms with Gasteiger partial charge in [-0.25, -0.2) is 14.5 Å². The van der Waals surface area contributed by atoms with E-state index in [-0.39, 0.29) is 11.7 Å². The molecule has 0 unspecified atom stereocenters. The first-order chi connectivity index (χ1) is 16.2. The van der Waals surface area contributed by atoms with Crippen LogP contribution in [0, 0.1) is 0 Å². The van der Waals surface area contributed by atoms with Crippen molar-refractivity contribution in [2.24, 2.45) is 0 Å². The maximum absolute atomic E-state index is 13.1. The van der Waals surface area contributed by atoms with Crippen molar-refractivity contribution >= 4 is 11.4 Å². The van der Waals surface area contributed by atoms with Gasteiger partial charge in [0.05, 0.1) is 12.7 Å². The Bertz CT molecular complexity index is 1390. The molecular weight excluding hydrogens is 416 g/mol. The van der Waals surface area contributed by atoms with Gasteiger partial charge in [-0.05, 0) is 29.7 Å². The first-order valence-corrected chi connectivity index (χ1v) is 11.1. The van der Waals surface area contributed by atoms with Crippen LogP contribution in [0.15, 0.2) is 72.3 Å². The van der Waals surface area contributed by atoms with Crippen molar-refractivity contribution in [2.45, 2.75) is 31.6 Å². The Morgan fingerprint density at radius 3 is 2.70 bits per heavy atom. The minimum atomic E-state index is -0.313. The maximum Gasteiger partial charge on any atom is 0.228 e. The first kappa shape index (κ1) is 19.7. The fourth-order valence-electron chi connectivity index (χ4n) is 4.74. The quantitative estimate of drug-likeness (QED) is 0.474. The molecule has 0 spiro atoms. The zero-order valence-electron chi connectivity index (χ0n) is 18.2. The molecule has 7 heteroatoms. The number of nitrogens with zero attached hydrogens (tertiary/aromatic N) is 4. The molecule has 0 amide bonds. The van der Waals surface area contributed by atoms with E-state index in [1.54, 1.807) is 18.0 Å². The summed E-state index contributed by atoms with van der Waals surface area (Å²) < 4.78 is 13.2. The molecule has 1 aliphatic heterocycles. The van der Waals surface area contributed by atoms with Crippen LogP contribution >= 0.6 is 0 Å². The highest BCUT2D eigenvalue weighted by Gasteiger charge is 2.39. The summed E-state index contributed by atoms with van der Waals surface area (Å²) in [6, 6.07) is 17.9. The van der Waals surface area contributed by atoms with Crippen molar-refractivity contribution in [2.75, 3.05) is 7.11 Å². The van der Waals surface area contributed by atoms with Gasteiger partial charge in [0.2, 0.25) is 5.88 Å². The fraction of sp³-hybridized carbons (Fsp3) is 0.231. The van der Waals surface area contributed by atoms with Crippen molar-refractivity contribution in [3.63, 3.8) is 0 Å². The van der Waals surface area contributed by atoms with Gasteiger partial charge in [-0.15, -0.1) is 5.10 Å². The third-order valence-corrected chi connectivity index (χ3v) is 6.29. The Hall–Kier alpha value is -4.00. The molecule has 0 saturated heterocycles. The predicted molar refractivity (Wildman–Crippen MR) is 121 cm³/mol. The third-order valence-electron chi connectivity index (χ3n) is 6.29. The number of carbonyl (C=O) groups is 1. The molecule has 7 nitrogen and oxygen atoms in total. The highest BCUT2D eigenvalue weighted by Crippen LogP contribution is 2.47. The zero-order chi connectivity index (χ0) is 22.4. The number of hydrogen-bond donors (Lipinski definition) is 0. The molecule has 0 radical (unpaired) electrons. The number of Topliss-reactive ketones (excluding diaryl/α,β-unsaturated/α-hetero) is 1. The Morgan fingerprint density at radius 1 is 1.09 bits per heavy atom. The second-order valence-corrected chi connectivity index (χ2v) is 8.34. The lowest BCUT2D eigenvalue weighted by Gasteiger charge is -2.32. The Morgan fingerprint density at radius 2 is 1.91 bits per heavy atom. The van der Waals surface area contributed by atoms with Gasteiger partial charge in [0.1, 0.15) is 17.8 Å². The number of rotatable bonds is 4. The van der Waals surface area contributed by atoms with Gasteiger partial charge in [-0.3, -0.25) is 4.79 Å². The summed E-state index contributed by atoms with van der Waals surface area (Å²) in [7, 11) is 1.64. The highest BCUT2D eigenvalue weighted by atomic mass is 16.5. The van der Waals surface area contributed by atoms with Crippen molar-refractivity contribution in [3.8, 4) is 11.6 Å². The van der Waals surface area contributed by atoms with Crippen LogP contribution in [0.4, 0.5) is 0 Å². The summed E-state index contributed by atoms with van der Waals surface area (Å²) in [5, 5.41) is 4.66. The van der Waals surface area contributed by atoms with E-state index in [1.165, 1.54) is 0 Å². The second kappa shape index (κ2) is 7.85. The fourth-order valence-corrected chi connectivity index (χ4v) is 4.74. The first-order valence-electron chi connectivity index (χ1n) is 11.1. The Balaban J connectivity index is 1.53. The van der Waals surface area contributed by atoms with Gasteiger partial charge in [0.25, 0.3) is 0 Å². The summed E-state index contributed by atoms with van der Waals surface area (Å²) in [6.45, 7) is 0. The van der Waals surface area contributed by atoms with Crippen molar-refractivity contribution in [3.05, 3.63) is 94.8 Å². The van der Waals surface area contributed by atoms with Gasteiger partial charge < -0.3 is 9.47 Å². The van der Waals surface area contributed by atoms with Crippen molar-refractivity contribution < 1.29 is 14.3 Å². The summed E-state index contributed by atoms with van der Waals surface area (Å²) in [4.78, 5) is 22.5. The minimum Gasteiger partial charge on any atom is -0.497 e. The largest absolute Gasteiger partial charge is 0.497 e. The van der Waals surface area contributed by atoms with E-state index in [0.717, 1.165) is 41.0 Å². The van der Waals surface area contributed by atoms with Crippen LogP contribution in [0.5, 0.6) is 11.6 Å². The number of ether oxygens (including phenoxy) is 2. The van der Waals surface area contributed by atoms with E-state index in [1.807, 2.05) is 42.5 Å². The van der Waals surface area contributed by atoms with Crippen molar-refractivity contribution in [1.82, 2.24) is 19.6 Å². The van der Waals surface area contributed by atoms with E-state index in [2.05, 4.69) is 22.2 Å². The normalized spacial score (nSPS) is 17.5. The zero-order valence-corrected chi connectivity index (χ0v) is 18.2. The monoisotopic (exact) mass is 438 g/mol. The molecule has 0 saturated carbocycles. The number of benzene rings is 2. The molecule has 33 heavy (non-hydrogen) atoms. The van der Waals surface area contributed by atoms with Gasteiger partial charge in [0.15, 0.2) is 17.3 Å². The van der Waals surface area contributed by atoms with Gasteiger partial charge in [-0.1, -0.05) is 42.5 Å². The topological polar surface area (TPSA) is 78.6 Å². The number of methoxy groups -OCH3 is 1. The SMILES string of the molecule is COc1ccc([C@H]2C3=C(CCCC3=O)Oc3ncn4nc(Cc5ccccc5)nc4c32)cc1. The lowest BCUT2D eigenvalue weighted by Crippen LogP contribution is -2.26. The number of ketones is 1. The van der Waals surface area contributed by atoms with Crippen molar-refractivity contribution in [1.29, 1.82) is 0 Å². The van der Waals surface area contributed by atoms with Crippen LogP contribution in [0.2, 0.25) is 0 Å². The lowest BCUT2D eigenvalue weighted by molar-refractivity contribution is -0.116. The van der Waals surface area contributed by atoms with Gasteiger partial charge in [0, 0.05) is 30.8 Å². The smallest absolute Gasteiger partial charge is 0.228 e. The summed E-state index contributed by atoms with van der Waals surface area (Å²) in [6.07, 6.45) is 4.28. The van der Waals surface area contributed by atoms with Gasteiger partial charge in [-0.2, -0.15) is 0 Å². The van der Waals surface area contributed by atoms with Crippen LogP contribution in [-0.4, -0.2) is 32.5 Å². The number of carbonyl (C=O) groups excluding carboxylic acids is 1. The highest BCUT2D eigenvalue weighted by molar-refractivity contribution is 6.00. The van der Waals surface area contributed by atoms with Crippen LogP contribution in [-0.2, 0) is 11.2 Å². The lowest BCUT2D eigenvalue weighted by atomic mass is 9.78. The van der Waals surface area contributed by atoms with E-state index < -0.39 is 0 Å². The van der Waals surface area contributed by atoms with E-state index in [0.29, 0.717) is 35.8 Å². The summed E-state index contributed by atoms with van der Waals surface area (Å²) in [5.74, 6) is 2.48. The average Bonchev–Trinajstić information content (AvgIpc) is 3.26. The molecular formula is C26H22N4O3. The molecule has 1 aliphatic carbocycles. The molecule has 4 aromatic rings. The summed E-state index contributed by atoms with van der Waals surface area (Å²) in [5.41, 5.74) is 4.26. The molecule has 1 atom stereocenters.